The number of nitrogens with two attached hydrogens (primary N) is 2. The maximum atomic E-state index is 12.4. The average Bonchev–Trinajstić information content (AvgIpc) is 2.58. The van der Waals surface area contributed by atoms with E-state index in [0.29, 0.717) is 0 Å². The molecule has 9 heteroatoms. The van der Waals surface area contributed by atoms with Gasteiger partial charge in [0.05, 0.1) is 12.5 Å². The molecule has 148 valence electrons. The largest absolute Gasteiger partial charge is 0.480 e. The van der Waals surface area contributed by atoms with Crippen LogP contribution in [0.25, 0.3) is 0 Å². The first-order valence-electron chi connectivity index (χ1n) is 8.53. The standard InChI is InChI=1S/C18H26N4O5/c1-10(2)15(18(26)27)22-17(25)13(9-14(20)23)21-16(24)12(19)8-11-6-4-3-5-7-11/h3-7,10,12-13,15H,8-9,19H2,1-2H3,(H2,20,23)(H,21,24)(H,22,25)(H,26,27). The molecule has 1 aromatic rings. The number of benzene rings is 1. The Kier molecular flexibility index (Phi) is 8.40. The van der Waals surface area contributed by atoms with Gasteiger partial charge in [0.1, 0.15) is 12.1 Å². The van der Waals surface area contributed by atoms with Crippen molar-refractivity contribution in [1.29, 1.82) is 0 Å². The summed E-state index contributed by atoms with van der Waals surface area (Å²) in [5, 5.41) is 13.9. The lowest BCUT2D eigenvalue weighted by molar-refractivity contribution is -0.143. The van der Waals surface area contributed by atoms with E-state index in [1.165, 1.54) is 0 Å². The Labute approximate surface area is 157 Å². The van der Waals surface area contributed by atoms with E-state index < -0.39 is 54.2 Å². The van der Waals surface area contributed by atoms with Crippen LogP contribution in [-0.4, -0.2) is 46.9 Å². The van der Waals surface area contributed by atoms with Crippen LogP contribution in [0.2, 0.25) is 0 Å². The van der Waals surface area contributed by atoms with Crippen molar-refractivity contribution in [2.24, 2.45) is 17.4 Å². The normalized spacial score (nSPS) is 14.1. The van der Waals surface area contributed by atoms with Crippen molar-refractivity contribution in [2.75, 3.05) is 0 Å². The Morgan fingerprint density at radius 3 is 2.11 bits per heavy atom. The predicted molar refractivity (Wildman–Crippen MR) is 98.3 cm³/mol. The van der Waals surface area contributed by atoms with Gasteiger partial charge in [-0.2, -0.15) is 0 Å². The smallest absolute Gasteiger partial charge is 0.326 e. The Bertz CT molecular complexity index is 678. The number of carboxylic acid groups (broad SMARTS) is 1. The lowest BCUT2D eigenvalue weighted by Crippen LogP contribution is -2.56. The van der Waals surface area contributed by atoms with E-state index in [-0.39, 0.29) is 6.42 Å². The molecule has 0 spiro atoms. The number of rotatable bonds is 10. The van der Waals surface area contributed by atoms with Gasteiger partial charge in [0, 0.05) is 0 Å². The minimum Gasteiger partial charge on any atom is -0.480 e. The van der Waals surface area contributed by atoms with Crippen LogP contribution >= 0.6 is 0 Å². The molecule has 0 fully saturated rings. The molecule has 0 aliphatic carbocycles. The first-order chi connectivity index (χ1) is 12.6. The number of nitrogens with one attached hydrogen (secondary N) is 2. The number of carboxylic acids is 1. The van der Waals surface area contributed by atoms with E-state index in [4.69, 9.17) is 11.5 Å². The van der Waals surface area contributed by atoms with Gasteiger partial charge < -0.3 is 27.2 Å². The maximum Gasteiger partial charge on any atom is 0.326 e. The zero-order chi connectivity index (χ0) is 20.6. The zero-order valence-electron chi connectivity index (χ0n) is 15.3. The Hall–Kier alpha value is -2.94. The fourth-order valence-corrected chi connectivity index (χ4v) is 2.42. The van der Waals surface area contributed by atoms with Gasteiger partial charge in [-0.05, 0) is 17.9 Å². The number of hydrogen-bond donors (Lipinski definition) is 5. The molecule has 3 amide bonds. The SMILES string of the molecule is CC(C)C(NC(=O)C(CC(N)=O)NC(=O)C(N)Cc1ccccc1)C(=O)O. The monoisotopic (exact) mass is 378 g/mol. The number of hydrogen-bond acceptors (Lipinski definition) is 5. The number of carbonyl (C=O) groups excluding carboxylic acids is 3. The van der Waals surface area contributed by atoms with Crippen molar-refractivity contribution >= 4 is 23.7 Å². The number of carbonyl (C=O) groups is 4. The highest BCUT2D eigenvalue weighted by molar-refractivity contribution is 5.94. The summed E-state index contributed by atoms with van der Waals surface area (Å²) in [5.41, 5.74) is 11.8. The van der Waals surface area contributed by atoms with Crippen molar-refractivity contribution < 1.29 is 24.3 Å². The van der Waals surface area contributed by atoms with Gasteiger partial charge in [0.2, 0.25) is 17.7 Å². The second-order valence-corrected chi connectivity index (χ2v) is 6.60. The highest BCUT2D eigenvalue weighted by Crippen LogP contribution is 2.05. The molecule has 0 aliphatic heterocycles. The summed E-state index contributed by atoms with van der Waals surface area (Å²) in [7, 11) is 0. The summed E-state index contributed by atoms with van der Waals surface area (Å²) in [4.78, 5) is 47.2. The molecule has 0 saturated heterocycles. The van der Waals surface area contributed by atoms with Gasteiger partial charge in [0.15, 0.2) is 0 Å². The van der Waals surface area contributed by atoms with Gasteiger partial charge >= 0.3 is 5.97 Å². The number of primary amides is 1. The summed E-state index contributed by atoms with van der Waals surface area (Å²) >= 11 is 0. The summed E-state index contributed by atoms with van der Waals surface area (Å²) < 4.78 is 0. The minimum absolute atomic E-state index is 0.237. The summed E-state index contributed by atoms with van der Waals surface area (Å²) in [6.45, 7) is 3.24. The maximum absolute atomic E-state index is 12.4. The van der Waals surface area contributed by atoms with E-state index >= 15 is 0 Å². The number of aliphatic carboxylic acids is 1. The van der Waals surface area contributed by atoms with Crippen LogP contribution in [0.15, 0.2) is 30.3 Å². The van der Waals surface area contributed by atoms with E-state index in [2.05, 4.69) is 10.6 Å². The molecule has 9 nitrogen and oxygen atoms in total. The third-order valence-electron chi connectivity index (χ3n) is 3.90. The molecule has 0 aromatic heterocycles. The molecule has 0 aliphatic rings. The number of amides is 3. The fraction of sp³-hybridized carbons (Fsp3) is 0.444. The van der Waals surface area contributed by atoms with Crippen LogP contribution in [0.3, 0.4) is 0 Å². The third kappa shape index (κ3) is 7.45. The van der Waals surface area contributed by atoms with E-state index in [1.54, 1.807) is 38.1 Å². The van der Waals surface area contributed by atoms with Crippen molar-refractivity contribution in [1.82, 2.24) is 10.6 Å². The molecule has 0 saturated carbocycles. The van der Waals surface area contributed by atoms with Crippen molar-refractivity contribution in [3.8, 4) is 0 Å². The topological polar surface area (TPSA) is 165 Å². The van der Waals surface area contributed by atoms with Crippen LogP contribution in [-0.2, 0) is 25.6 Å². The van der Waals surface area contributed by atoms with Crippen LogP contribution in [0.4, 0.5) is 0 Å². The fourth-order valence-electron chi connectivity index (χ4n) is 2.42. The quantitative estimate of drug-likeness (QED) is 0.355. The molecule has 3 unspecified atom stereocenters. The van der Waals surface area contributed by atoms with E-state index in [1.807, 2.05) is 6.07 Å². The molecule has 1 rings (SSSR count). The Morgan fingerprint density at radius 2 is 1.63 bits per heavy atom. The molecule has 0 heterocycles. The first kappa shape index (κ1) is 22.1. The lowest BCUT2D eigenvalue weighted by Gasteiger charge is -2.23. The summed E-state index contributed by atoms with van der Waals surface area (Å²) in [5.74, 6) is -3.88. The summed E-state index contributed by atoms with van der Waals surface area (Å²) in [6, 6.07) is 5.64. The van der Waals surface area contributed by atoms with Crippen molar-refractivity contribution in [3.05, 3.63) is 35.9 Å². The molecular formula is C18H26N4O5. The van der Waals surface area contributed by atoms with Crippen molar-refractivity contribution in [3.63, 3.8) is 0 Å². The van der Waals surface area contributed by atoms with Gasteiger partial charge in [-0.25, -0.2) is 4.79 Å². The van der Waals surface area contributed by atoms with Gasteiger partial charge in [-0.15, -0.1) is 0 Å². The van der Waals surface area contributed by atoms with Crippen molar-refractivity contribution in [2.45, 2.75) is 44.8 Å². The molecule has 0 radical (unpaired) electrons. The van der Waals surface area contributed by atoms with Crippen LogP contribution in [0.5, 0.6) is 0 Å². The van der Waals surface area contributed by atoms with Crippen LogP contribution < -0.4 is 22.1 Å². The van der Waals surface area contributed by atoms with E-state index in [0.717, 1.165) is 5.56 Å². The Balaban J connectivity index is 2.80. The summed E-state index contributed by atoms with van der Waals surface area (Å²) in [6.07, 6.45) is -0.235. The second-order valence-electron chi connectivity index (χ2n) is 6.60. The minimum atomic E-state index is -1.31. The molecule has 1 aromatic carbocycles. The predicted octanol–water partition coefficient (Wildman–Crippen LogP) is -0.858. The van der Waals surface area contributed by atoms with Gasteiger partial charge in [0.25, 0.3) is 0 Å². The Morgan fingerprint density at radius 1 is 1.04 bits per heavy atom. The first-order valence-corrected chi connectivity index (χ1v) is 8.53. The van der Waals surface area contributed by atoms with Gasteiger partial charge in [-0.3, -0.25) is 14.4 Å². The average molecular weight is 378 g/mol. The molecule has 3 atom stereocenters. The third-order valence-corrected chi connectivity index (χ3v) is 3.90. The van der Waals surface area contributed by atoms with Gasteiger partial charge in [-0.1, -0.05) is 44.2 Å². The van der Waals surface area contributed by atoms with Crippen LogP contribution in [0, 0.1) is 5.92 Å². The van der Waals surface area contributed by atoms with Crippen LogP contribution in [0.1, 0.15) is 25.8 Å². The zero-order valence-corrected chi connectivity index (χ0v) is 15.3. The molecular weight excluding hydrogens is 352 g/mol. The lowest BCUT2D eigenvalue weighted by atomic mass is 10.0. The van der Waals surface area contributed by atoms with E-state index in [9.17, 15) is 24.3 Å². The molecule has 7 N–H and O–H groups in total. The second kappa shape index (κ2) is 10.3. The molecule has 0 bridgehead atoms. The molecule has 27 heavy (non-hydrogen) atoms. The highest BCUT2D eigenvalue weighted by atomic mass is 16.4. The highest BCUT2D eigenvalue weighted by Gasteiger charge is 2.30.